The summed E-state index contributed by atoms with van der Waals surface area (Å²) in [4.78, 5) is 27.9. The molecule has 126 valence electrons. The molecule has 0 aliphatic heterocycles. The molecular formula is C17H24N2O4. The quantitative estimate of drug-likeness (QED) is 0.780. The number of esters is 1. The Morgan fingerprint density at radius 3 is 2.70 bits per heavy atom. The van der Waals surface area contributed by atoms with Crippen LogP contribution in [0.1, 0.15) is 55.1 Å². The minimum absolute atomic E-state index is 0.00710. The Morgan fingerprint density at radius 2 is 2.04 bits per heavy atom. The van der Waals surface area contributed by atoms with E-state index in [2.05, 4.69) is 10.3 Å². The Bertz CT molecular complexity index is 510. The topological polar surface area (TPSA) is 77.5 Å². The molecule has 0 unspecified atom stereocenters. The van der Waals surface area contributed by atoms with E-state index in [0.717, 1.165) is 31.4 Å². The van der Waals surface area contributed by atoms with Gasteiger partial charge in [-0.15, -0.1) is 0 Å². The summed E-state index contributed by atoms with van der Waals surface area (Å²) in [5.41, 5.74) is 1.18. The molecule has 1 aromatic rings. The molecular weight excluding hydrogens is 296 g/mol. The number of nitrogens with zero attached hydrogens (tertiary/aromatic N) is 1. The van der Waals surface area contributed by atoms with Crippen LogP contribution in [-0.2, 0) is 20.9 Å². The number of amides is 1. The molecule has 1 amide bonds. The highest BCUT2D eigenvalue weighted by molar-refractivity contribution is 5.95. The first-order chi connectivity index (χ1) is 11.2. The Labute approximate surface area is 136 Å². The number of aromatic nitrogens is 1. The summed E-state index contributed by atoms with van der Waals surface area (Å²) >= 11 is 0. The van der Waals surface area contributed by atoms with Crippen LogP contribution in [0.25, 0.3) is 0 Å². The van der Waals surface area contributed by atoms with Gasteiger partial charge in [0, 0.05) is 12.8 Å². The second-order valence-electron chi connectivity index (χ2n) is 5.61. The third kappa shape index (κ3) is 5.98. The predicted molar refractivity (Wildman–Crippen MR) is 84.9 cm³/mol. The van der Waals surface area contributed by atoms with Gasteiger partial charge in [0.15, 0.2) is 0 Å². The number of carbonyl (C=O) groups is 2. The maximum atomic E-state index is 12.0. The van der Waals surface area contributed by atoms with Crippen molar-refractivity contribution >= 4 is 11.9 Å². The number of hydrogen-bond acceptors (Lipinski definition) is 5. The normalized spacial score (nSPS) is 15.2. The smallest absolute Gasteiger partial charge is 0.325 e. The molecule has 0 bridgehead atoms. The van der Waals surface area contributed by atoms with Crippen molar-refractivity contribution in [3.05, 3.63) is 29.6 Å². The van der Waals surface area contributed by atoms with Gasteiger partial charge in [0.25, 0.3) is 5.91 Å². The highest BCUT2D eigenvalue weighted by atomic mass is 16.5. The third-order valence-corrected chi connectivity index (χ3v) is 3.78. The van der Waals surface area contributed by atoms with Crippen molar-refractivity contribution in [1.82, 2.24) is 10.3 Å². The van der Waals surface area contributed by atoms with Gasteiger partial charge >= 0.3 is 5.97 Å². The van der Waals surface area contributed by atoms with Gasteiger partial charge in [0.1, 0.15) is 12.6 Å². The van der Waals surface area contributed by atoms with Gasteiger partial charge in [-0.25, -0.2) is 0 Å². The highest BCUT2D eigenvalue weighted by Gasteiger charge is 2.18. The van der Waals surface area contributed by atoms with Gasteiger partial charge in [-0.3, -0.25) is 14.6 Å². The zero-order valence-corrected chi connectivity index (χ0v) is 13.5. The largest absolute Gasteiger partial charge is 0.461 e. The van der Waals surface area contributed by atoms with Crippen LogP contribution in [0.15, 0.2) is 18.3 Å². The third-order valence-electron chi connectivity index (χ3n) is 3.78. The summed E-state index contributed by atoms with van der Waals surface area (Å²) in [5, 5.41) is 2.57. The molecule has 0 radical (unpaired) electrons. The Hall–Kier alpha value is -1.95. The maximum Gasteiger partial charge on any atom is 0.325 e. The molecule has 23 heavy (non-hydrogen) atoms. The lowest BCUT2D eigenvalue weighted by molar-refractivity contribution is -0.149. The second-order valence-corrected chi connectivity index (χ2v) is 5.61. The first kappa shape index (κ1) is 17.4. The van der Waals surface area contributed by atoms with Crippen molar-refractivity contribution in [3.63, 3.8) is 0 Å². The summed E-state index contributed by atoms with van der Waals surface area (Å²) in [7, 11) is 0. The zero-order chi connectivity index (χ0) is 16.5. The molecule has 0 spiro atoms. The molecule has 6 nitrogen and oxygen atoms in total. The fourth-order valence-corrected chi connectivity index (χ4v) is 2.52. The standard InChI is InChI=1S/C17H24N2O4/c1-2-22-12-14-9-8-13(10-18-14)17(21)19-11-16(20)23-15-6-4-3-5-7-15/h8-10,15H,2-7,11-12H2,1H3,(H,19,21). The van der Waals surface area contributed by atoms with E-state index in [0.29, 0.717) is 18.8 Å². The van der Waals surface area contributed by atoms with E-state index in [9.17, 15) is 9.59 Å². The van der Waals surface area contributed by atoms with Gasteiger partial charge < -0.3 is 14.8 Å². The molecule has 0 atom stereocenters. The zero-order valence-electron chi connectivity index (χ0n) is 13.5. The lowest BCUT2D eigenvalue weighted by atomic mass is 9.98. The van der Waals surface area contributed by atoms with Crippen molar-refractivity contribution in [1.29, 1.82) is 0 Å². The number of pyridine rings is 1. The monoisotopic (exact) mass is 320 g/mol. The van der Waals surface area contributed by atoms with E-state index in [1.807, 2.05) is 6.92 Å². The molecule has 1 saturated carbocycles. The average Bonchev–Trinajstić information content (AvgIpc) is 2.59. The highest BCUT2D eigenvalue weighted by Crippen LogP contribution is 2.20. The molecule has 1 aliphatic rings. The van der Waals surface area contributed by atoms with Crippen LogP contribution in [0, 0.1) is 0 Å². The summed E-state index contributed by atoms with van der Waals surface area (Å²) < 4.78 is 10.6. The average molecular weight is 320 g/mol. The van der Waals surface area contributed by atoms with Crippen LogP contribution in [0.4, 0.5) is 0 Å². The second kappa shape index (κ2) is 9.25. The number of hydrogen-bond donors (Lipinski definition) is 1. The molecule has 1 aromatic heterocycles. The maximum absolute atomic E-state index is 12.0. The fourth-order valence-electron chi connectivity index (χ4n) is 2.52. The van der Waals surface area contributed by atoms with Crippen molar-refractivity contribution in [3.8, 4) is 0 Å². The van der Waals surface area contributed by atoms with E-state index in [1.54, 1.807) is 12.1 Å². The van der Waals surface area contributed by atoms with E-state index in [-0.39, 0.29) is 24.5 Å². The van der Waals surface area contributed by atoms with Crippen LogP contribution in [0.2, 0.25) is 0 Å². The minimum atomic E-state index is -0.383. The summed E-state index contributed by atoms with van der Waals surface area (Å²) in [6.07, 6.45) is 6.74. The van der Waals surface area contributed by atoms with E-state index in [1.165, 1.54) is 12.6 Å². The van der Waals surface area contributed by atoms with Gasteiger partial charge in [-0.2, -0.15) is 0 Å². The summed E-state index contributed by atoms with van der Waals surface area (Å²) in [6, 6.07) is 3.41. The Morgan fingerprint density at radius 1 is 1.26 bits per heavy atom. The first-order valence-corrected chi connectivity index (χ1v) is 8.19. The van der Waals surface area contributed by atoms with Crippen LogP contribution in [0.3, 0.4) is 0 Å². The van der Waals surface area contributed by atoms with Crippen LogP contribution in [0.5, 0.6) is 0 Å². The van der Waals surface area contributed by atoms with Crippen LogP contribution in [-0.4, -0.2) is 36.1 Å². The number of carbonyl (C=O) groups excluding carboxylic acids is 2. The van der Waals surface area contributed by atoms with Gasteiger partial charge in [0.05, 0.1) is 17.9 Å². The molecule has 0 saturated heterocycles. The number of nitrogens with one attached hydrogen (secondary N) is 1. The minimum Gasteiger partial charge on any atom is -0.461 e. The predicted octanol–water partition coefficient (Wildman–Crippen LogP) is 2.22. The van der Waals surface area contributed by atoms with Crippen molar-refractivity contribution in [2.45, 2.75) is 51.7 Å². The number of rotatable bonds is 7. The number of ether oxygens (including phenoxy) is 2. The lowest BCUT2D eigenvalue weighted by Gasteiger charge is -2.21. The molecule has 2 rings (SSSR count). The fraction of sp³-hybridized carbons (Fsp3) is 0.588. The molecule has 0 aromatic carbocycles. The lowest BCUT2D eigenvalue weighted by Crippen LogP contribution is -2.33. The van der Waals surface area contributed by atoms with E-state index < -0.39 is 0 Å². The van der Waals surface area contributed by atoms with E-state index >= 15 is 0 Å². The van der Waals surface area contributed by atoms with Gasteiger partial charge in [0.2, 0.25) is 0 Å². The van der Waals surface area contributed by atoms with Crippen molar-refractivity contribution < 1.29 is 19.1 Å². The summed E-state index contributed by atoms with van der Waals surface area (Å²) in [5.74, 6) is -0.716. The molecule has 6 heteroatoms. The van der Waals surface area contributed by atoms with Gasteiger partial charge in [-0.1, -0.05) is 6.42 Å². The SMILES string of the molecule is CCOCc1ccc(C(=O)NCC(=O)OC2CCCCC2)cn1. The van der Waals surface area contributed by atoms with Crippen molar-refractivity contribution in [2.75, 3.05) is 13.2 Å². The van der Waals surface area contributed by atoms with Crippen LogP contribution >= 0.6 is 0 Å². The molecule has 1 fully saturated rings. The van der Waals surface area contributed by atoms with Crippen molar-refractivity contribution in [2.24, 2.45) is 0 Å². The Balaban J connectivity index is 1.74. The molecule has 1 aliphatic carbocycles. The first-order valence-electron chi connectivity index (χ1n) is 8.19. The van der Waals surface area contributed by atoms with Gasteiger partial charge in [-0.05, 0) is 44.7 Å². The summed E-state index contributed by atoms with van der Waals surface area (Å²) in [6.45, 7) is 2.84. The molecule has 1 N–H and O–H groups in total. The van der Waals surface area contributed by atoms with Crippen LogP contribution < -0.4 is 5.32 Å². The van der Waals surface area contributed by atoms with E-state index in [4.69, 9.17) is 9.47 Å². The molecule has 1 heterocycles. The Kier molecular flexibility index (Phi) is 7.00.